The van der Waals surface area contributed by atoms with Crippen LogP contribution in [-0.4, -0.2) is 19.3 Å². The summed E-state index contributed by atoms with van der Waals surface area (Å²) in [5.41, 5.74) is 5.95. The Morgan fingerprint density at radius 3 is 2.68 bits per heavy atom. The van der Waals surface area contributed by atoms with Crippen molar-refractivity contribution in [2.24, 2.45) is 11.3 Å². The van der Waals surface area contributed by atoms with E-state index in [1.807, 2.05) is 0 Å². The van der Waals surface area contributed by atoms with Crippen molar-refractivity contribution in [2.45, 2.75) is 45.6 Å². The minimum absolute atomic E-state index is 0.399. The van der Waals surface area contributed by atoms with Gasteiger partial charge in [-0.2, -0.15) is 0 Å². The van der Waals surface area contributed by atoms with Gasteiger partial charge in [-0.25, -0.2) is 0 Å². The summed E-state index contributed by atoms with van der Waals surface area (Å²) < 4.78 is 5.96. The Bertz CT molecular complexity index is 372. The molecule has 0 saturated carbocycles. The molecule has 0 amide bonds. The first kappa shape index (κ1) is 14.5. The van der Waals surface area contributed by atoms with E-state index < -0.39 is 0 Å². The molecule has 19 heavy (non-hydrogen) atoms. The highest BCUT2D eigenvalue weighted by atomic mass is 16.5. The second-order valence-corrected chi connectivity index (χ2v) is 6.37. The zero-order valence-corrected chi connectivity index (χ0v) is 12.4. The van der Waals surface area contributed by atoms with Crippen LogP contribution < -0.4 is 5.73 Å². The second kappa shape index (κ2) is 6.53. The summed E-state index contributed by atoms with van der Waals surface area (Å²) in [7, 11) is 0. The Hall–Kier alpha value is -0.860. The van der Waals surface area contributed by atoms with Crippen molar-refractivity contribution in [1.29, 1.82) is 0 Å². The van der Waals surface area contributed by atoms with Crippen molar-refractivity contribution in [1.82, 2.24) is 0 Å². The molecule has 1 aromatic carbocycles. The van der Waals surface area contributed by atoms with Crippen molar-refractivity contribution in [2.75, 3.05) is 13.2 Å². The van der Waals surface area contributed by atoms with E-state index in [2.05, 4.69) is 49.9 Å². The van der Waals surface area contributed by atoms with E-state index in [0.29, 0.717) is 17.4 Å². The lowest BCUT2D eigenvalue weighted by atomic mass is 9.69. The van der Waals surface area contributed by atoms with E-state index in [9.17, 15) is 0 Å². The summed E-state index contributed by atoms with van der Waals surface area (Å²) in [4.78, 5) is 0. The summed E-state index contributed by atoms with van der Waals surface area (Å²) in [5.74, 6) is 0.611. The van der Waals surface area contributed by atoms with Gasteiger partial charge in [-0.3, -0.25) is 0 Å². The molecule has 1 saturated heterocycles. The van der Waals surface area contributed by atoms with Crippen molar-refractivity contribution in [3.63, 3.8) is 0 Å². The van der Waals surface area contributed by atoms with Crippen LogP contribution in [0, 0.1) is 11.3 Å². The average molecular weight is 262 g/mol. The third kappa shape index (κ3) is 3.80. The molecule has 1 aliphatic heterocycles. The van der Waals surface area contributed by atoms with E-state index in [1.165, 1.54) is 31.2 Å². The Labute approximate surface area is 117 Å². The van der Waals surface area contributed by atoms with Crippen molar-refractivity contribution in [3.8, 4) is 0 Å². The SMILES string of the molecule is CC(C)[C@@H]1C[C@@](CC[NH3+])(Cc2ccccc2)CCO1. The largest absolute Gasteiger partial charge is 0.378 e. The fourth-order valence-electron chi connectivity index (χ4n) is 3.32. The van der Waals surface area contributed by atoms with E-state index >= 15 is 0 Å². The summed E-state index contributed by atoms with van der Waals surface area (Å²) in [5, 5.41) is 0. The van der Waals surface area contributed by atoms with Gasteiger partial charge in [0.05, 0.1) is 12.6 Å². The summed E-state index contributed by atoms with van der Waals surface area (Å²) in [6.45, 7) is 6.48. The Kier molecular flexibility index (Phi) is 5.00. The van der Waals surface area contributed by atoms with Gasteiger partial charge >= 0.3 is 0 Å². The lowest BCUT2D eigenvalue weighted by Gasteiger charge is -2.42. The number of rotatable bonds is 5. The van der Waals surface area contributed by atoms with Gasteiger partial charge in [0.1, 0.15) is 0 Å². The van der Waals surface area contributed by atoms with Crippen LogP contribution in [0.3, 0.4) is 0 Å². The van der Waals surface area contributed by atoms with Crippen LogP contribution in [0.25, 0.3) is 0 Å². The van der Waals surface area contributed by atoms with Crippen LogP contribution in [0.5, 0.6) is 0 Å². The van der Waals surface area contributed by atoms with Crippen molar-refractivity contribution in [3.05, 3.63) is 35.9 Å². The smallest absolute Gasteiger partial charge is 0.0745 e. The fourth-order valence-corrected chi connectivity index (χ4v) is 3.32. The highest BCUT2D eigenvalue weighted by Crippen LogP contribution is 2.41. The molecule has 2 nitrogen and oxygen atoms in total. The lowest BCUT2D eigenvalue weighted by Crippen LogP contribution is -2.53. The maximum absolute atomic E-state index is 5.96. The number of hydrogen-bond acceptors (Lipinski definition) is 1. The van der Waals surface area contributed by atoms with Gasteiger partial charge in [0, 0.05) is 13.0 Å². The quantitative estimate of drug-likeness (QED) is 0.870. The minimum atomic E-state index is 0.399. The van der Waals surface area contributed by atoms with Gasteiger partial charge in [0.15, 0.2) is 0 Å². The number of hydrogen-bond donors (Lipinski definition) is 1. The van der Waals surface area contributed by atoms with Crippen LogP contribution >= 0.6 is 0 Å². The third-order valence-corrected chi connectivity index (χ3v) is 4.47. The molecule has 0 bridgehead atoms. The molecule has 2 rings (SSSR count). The topological polar surface area (TPSA) is 36.9 Å². The van der Waals surface area contributed by atoms with Crippen molar-refractivity contribution < 1.29 is 10.5 Å². The maximum atomic E-state index is 5.96. The van der Waals surface area contributed by atoms with Crippen LogP contribution in [-0.2, 0) is 11.2 Å². The van der Waals surface area contributed by atoms with Gasteiger partial charge in [-0.15, -0.1) is 0 Å². The van der Waals surface area contributed by atoms with Gasteiger partial charge in [-0.1, -0.05) is 44.2 Å². The average Bonchev–Trinajstić information content (AvgIpc) is 2.40. The standard InChI is InChI=1S/C17H27NO/c1-14(2)16-13-17(8-10-18,9-11-19-16)12-15-6-4-3-5-7-15/h3-7,14,16H,8-13,18H2,1-2H3/p+1/t16-,17+/m0/s1. The molecule has 1 heterocycles. The van der Waals surface area contributed by atoms with E-state index in [0.717, 1.165) is 13.2 Å². The number of benzene rings is 1. The summed E-state index contributed by atoms with van der Waals surface area (Å²) in [6, 6.07) is 10.9. The van der Waals surface area contributed by atoms with E-state index in [1.54, 1.807) is 0 Å². The van der Waals surface area contributed by atoms with Crippen LogP contribution in [0.1, 0.15) is 38.7 Å². The molecule has 1 fully saturated rings. The molecule has 0 aliphatic carbocycles. The van der Waals surface area contributed by atoms with E-state index in [4.69, 9.17) is 4.74 Å². The molecule has 2 heteroatoms. The van der Waals surface area contributed by atoms with Gasteiger partial charge in [0.25, 0.3) is 0 Å². The first-order valence-electron chi connectivity index (χ1n) is 7.60. The third-order valence-electron chi connectivity index (χ3n) is 4.47. The molecule has 0 aromatic heterocycles. The predicted octanol–water partition coefficient (Wildman–Crippen LogP) is 2.68. The molecule has 3 N–H and O–H groups in total. The summed E-state index contributed by atoms with van der Waals surface area (Å²) >= 11 is 0. The van der Waals surface area contributed by atoms with Crippen molar-refractivity contribution >= 4 is 0 Å². The van der Waals surface area contributed by atoms with E-state index in [-0.39, 0.29) is 0 Å². The molecule has 0 unspecified atom stereocenters. The Morgan fingerprint density at radius 1 is 1.32 bits per heavy atom. The minimum Gasteiger partial charge on any atom is -0.378 e. The zero-order valence-electron chi connectivity index (χ0n) is 12.4. The van der Waals surface area contributed by atoms with Crippen LogP contribution in [0.4, 0.5) is 0 Å². The molecule has 0 radical (unpaired) electrons. The van der Waals surface area contributed by atoms with Crippen LogP contribution in [0.15, 0.2) is 30.3 Å². The Morgan fingerprint density at radius 2 is 2.05 bits per heavy atom. The molecular weight excluding hydrogens is 234 g/mol. The lowest BCUT2D eigenvalue weighted by molar-refractivity contribution is -0.373. The monoisotopic (exact) mass is 262 g/mol. The fraction of sp³-hybridized carbons (Fsp3) is 0.647. The highest BCUT2D eigenvalue weighted by molar-refractivity contribution is 5.17. The van der Waals surface area contributed by atoms with Gasteiger partial charge in [-0.05, 0) is 36.2 Å². The molecule has 1 aliphatic rings. The normalized spacial score (nSPS) is 27.7. The van der Waals surface area contributed by atoms with Crippen LogP contribution in [0.2, 0.25) is 0 Å². The molecule has 2 atom stereocenters. The molecule has 1 aromatic rings. The first-order chi connectivity index (χ1) is 9.15. The molecule has 0 spiro atoms. The molecule has 106 valence electrons. The van der Waals surface area contributed by atoms with Gasteiger partial charge < -0.3 is 10.5 Å². The predicted molar refractivity (Wildman–Crippen MR) is 78.8 cm³/mol. The molecular formula is C17H28NO+. The summed E-state index contributed by atoms with van der Waals surface area (Å²) in [6.07, 6.45) is 5.18. The Balaban J connectivity index is 2.12. The second-order valence-electron chi connectivity index (χ2n) is 6.37. The first-order valence-corrected chi connectivity index (χ1v) is 7.60. The maximum Gasteiger partial charge on any atom is 0.0745 e. The highest BCUT2D eigenvalue weighted by Gasteiger charge is 2.37. The number of ether oxygens (including phenoxy) is 1. The number of quaternary nitrogens is 1. The van der Waals surface area contributed by atoms with Gasteiger partial charge in [0.2, 0.25) is 0 Å². The zero-order chi connectivity index (χ0) is 13.7.